The van der Waals surface area contributed by atoms with Crippen molar-refractivity contribution in [2.45, 2.75) is 19.4 Å². The molecule has 106 valence electrons. The third kappa shape index (κ3) is 5.02. The molecule has 0 amide bonds. The Balaban J connectivity index is 2.67. The summed E-state index contributed by atoms with van der Waals surface area (Å²) < 4.78 is 41.1. The van der Waals surface area contributed by atoms with E-state index >= 15 is 0 Å². The lowest BCUT2D eigenvalue weighted by Gasteiger charge is -2.13. The molecule has 0 saturated carbocycles. The lowest BCUT2D eigenvalue weighted by atomic mass is 10.1. The maximum atomic E-state index is 11.9. The van der Waals surface area contributed by atoms with Crippen molar-refractivity contribution in [1.29, 1.82) is 0 Å². The fourth-order valence-corrected chi connectivity index (χ4v) is 2.00. The summed E-state index contributed by atoms with van der Waals surface area (Å²) in [5, 5.41) is 8.86. The molecule has 3 nitrogen and oxygen atoms in total. The number of ether oxygens (including phenoxy) is 1. The number of carboxylic acid groups (broad SMARTS) is 1. The highest BCUT2D eigenvalue weighted by Crippen LogP contribution is 2.30. The van der Waals surface area contributed by atoms with Gasteiger partial charge in [-0.25, -0.2) is 4.79 Å². The minimum absolute atomic E-state index is 0.0850. The second-order valence-electron chi connectivity index (χ2n) is 3.89. The van der Waals surface area contributed by atoms with Crippen LogP contribution in [0.25, 0.3) is 0 Å². The Labute approximate surface area is 112 Å². The predicted octanol–water partition coefficient (Wildman–Crippen LogP) is 3.63. The Hall–Kier alpha value is -1.37. The topological polar surface area (TPSA) is 46.5 Å². The van der Waals surface area contributed by atoms with Crippen LogP contribution in [0.1, 0.15) is 21.5 Å². The quantitative estimate of drug-likeness (QED) is 0.842. The van der Waals surface area contributed by atoms with E-state index in [0.717, 1.165) is 0 Å². The molecule has 0 atom stereocenters. The highest BCUT2D eigenvalue weighted by molar-refractivity contribution is 8.00. The number of rotatable bonds is 5. The Morgan fingerprint density at radius 3 is 2.26 bits per heavy atom. The lowest BCUT2D eigenvalue weighted by molar-refractivity contribution is -0.0329. The van der Waals surface area contributed by atoms with Crippen molar-refractivity contribution in [3.05, 3.63) is 28.8 Å². The lowest BCUT2D eigenvalue weighted by Crippen LogP contribution is -2.09. The first-order chi connectivity index (χ1) is 8.70. The van der Waals surface area contributed by atoms with Gasteiger partial charge < -0.3 is 9.84 Å². The molecule has 0 heterocycles. The number of carboxylic acids is 1. The molecule has 0 spiro atoms. The fourth-order valence-electron chi connectivity index (χ4n) is 1.60. The van der Waals surface area contributed by atoms with Crippen molar-refractivity contribution >= 4 is 17.7 Å². The maximum Gasteiger partial charge on any atom is 0.441 e. The predicted molar refractivity (Wildman–Crippen MR) is 66.9 cm³/mol. The van der Waals surface area contributed by atoms with Crippen LogP contribution in [-0.2, 0) is 0 Å². The maximum absolute atomic E-state index is 11.9. The molecular formula is C12H13F3O3S. The summed E-state index contributed by atoms with van der Waals surface area (Å²) in [6, 6.07) is 2.86. The van der Waals surface area contributed by atoms with Crippen LogP contribution in [0.15, 0.2) is 12.1 Å². The van der Waals surface area contributed by atoms with E-state index in [1.165, 1.54) is 12.1 Å². The van der Waals surface area contributed by atoms with E-state index in [9.17, 15) is 18.0 Å². The number of aryl methyl sites for hydroxylation is 2. The first kappa shape index (κ1) is 15.7. The minimum atomic E-state index is -4.26. The minimum Gasteiger partial charge on any atom is -0.492 e. The first-order valence-corrected chi connectivity index (χ1v) is 6.37. The van der Waals surface area contributed by atoms with Crippen LogP contribution >= 0.6 is 11.8 Å². The van der Waals surface area contributed by atoms with E-state index in [0.29, 0.717) is 16.9 Å². The summed E-state index contributed by atoms with van der Waals surface area (Å²) in [6.07, 6.45) is 0. The second-order valence-corrected chi connectivity index (χ2v) is 5.05. The van der Waals surface area contributed by atoms with Crippen LogP contribution < -0.4 is 4.74 Å². The van der Waals surface area contributed by atoms with Crippen LogP contribution in [0, 0.1) is 13.8 Å². The van der Waals surface area contributed by atoms with Gasteiger partial charge in [-0.3, -0.25) is 0 Å². The number of aromatic carboxylic acids is 1. The van der Waals surface area contributed by atoms with Gasteiger partial charge in [0.15, 0.2) is 0 Å². The van der Waals surface area contributed by atoms with Crippen molar-refractivity contribution in [1.82, 2.24) is 0 Å². The third-order valence-electron chi connectivity index (χ3n) is 2.30. The smallest absolute Gasteiger partial charge is 0.441 e. The highest BCUT2D eigenvalue weighted by Gasteiger charge is 2.27. The average Bonchev–Trinajstić information content (AvgIpc) is 2.25. The van der Waals surface area contributed by atoms with Crippen molar-refractivity contribution < 1.29 is 27.8 Å². The van der Waals surface area contributed by atoms with E-state index in [1.807, 2.05) is 0 Å². The van der Waals surface area contributed by atoms with Crippen molar-refractivity contribution in [2.75, 3.05) is 12.4 Å². The Kier molecular flexibility index (Phi) is 5.11. The number of alkyl halides is 3. The molecule has 0 aliphatic heterocycles. The molecule has 0 aliphatic rings. The largest absolute Gasteiger partial charge is 0.492 e. The zero-order chi connectivity index (χ0) is 14.6. The van der Waals surface area contributed by atoms with Gasteiger partial charge in [-0.05, 0) is 48.9 Å². The Morgan fingerprint density at radius 1 is 1.32 bits per heavy atom. The van der Waals surface area contributed by atoms with Gasteiger partial charge in [-0.2, -0.15) is 13.2 Å². The third-order valence-corrected chi connectivity index (χ3v) is 3.00. The summed E-state index contributed by atoms with van der Waals surface area (Å²) >= 11 is -0.147. The van der Waals surface area contributed by atoms with Crippen LogP contribution in [0.4, 0.5) is 13.2 Å². The van der Waals surface area contributed by atoms with Crippen molar-refractivity contribution in [3.63, 3.8) is 0 Å². The molecule has 0 aliphatic carbocycles. The number of hydrogen-bond acceptors (Lipinski definition) is 3. The van der Waals surface area contributed by atoms with E-state index in [1.54, 1.807) is 13.8 Å². The van der Waals surface area contributed by atoms with Crippen molar-refractivity contribution in [3.8, 4) is 5.75 Å². The normalized spacial score (nSPS) is 11.4. The van der Waals surface area contributed by atoms with Gasteiger partial charge in [-0.1, -0.05) is 0 Å². The van der Waals surface area contributed by atoms with Gasteiger partial charge >= 0.3 is 11.5 Å². The standard InChI is InChI=1S/C12H13F3O3S/c1-7-5-9(11(16)17)6-8(2)10(7)18-3-4-19-12(13,14)15/h5-6H,3-4H2,1-2H3,(H,16,17). The monoisotopic (exact) mass is 294 g/mol. The molecule has 1 aromatic carbocycles. The Morgan fingerprint density at radius 2 is 1.84 bits per heavy atom. The molecule has 0 radical (unpaired) electrons. The van der Waals surface area contributed by atoms with Crippen LogP contribution in [0.2, 0.25) is 0 Å². The van der Waals surface area contributed by atoms with E-state index in [-0.39, 0.29) is 29.7 Å². The molecule has 0 aromatic heterocycles. The molecule has 1 aromatic rings. The van der Waals surface area contributed by atoms with E-state index in [2.05, 4.69) is 0 Å². The average molecular weight is 294 g/mol. The van der Waals surface area contributed by atoms with Crippen LogP contribution in [-0.4, -0.2) is 28.9 Å². The van der Waals surface area contributed by atoms with Gasteiger partial charge in [0.05, 0.1) is 12.2 Å². The SMILES string of the molecule is Cc1cc(C(=O)O)cc(C)c1OCCSC(F)(F)F. The molecule has 0 bridgehead atoms. The van der Waals surface area contributed by atoms with Crippen molar-refractivity contribution in [2.24, 2.45) is 0 Å². The molecule has 1 rings (SSSR count). The molecule has 0 unspecified atom stereocenters. The molecule has 19 heavy (non-hydrogen) atoms. The van der Waals surface area contributed by atoms with Crippen LogP contribution in [0.5, 0.6) is 5.75 Å². The van der Waals surface area contributed by atoms with Crippen LogP contribution in [0.3, 0.4) is 0 Å². The summed E-state index contributed by atoms with van der Waals surface area (Å²) in [6.45, 7) is 3.23. The number of halogens is 3. The zero-order valence-corrected chi connectivity index (χ0v) is 11.2. The molecule has 0 fully saturated rings. The number of benzene rings is 1. The first-order valence-electron chi connectivity index (χ1n) is 5.38. The van der Waals surface area contributed by atoms with Gasteiger partial charge in [-0.15, -0.1) is 0 Å². The summed E-state index contributed by atoms with van der Waals surface area (Å²) in [7, 11) is 0. The molecule has 0 saturated heterocycles. The molecular weight excluding hydrogens is 281 g/mol. The van der Waals surface area contributed by atoms with E-state index in [4.69, 9.17) is 9.84 Å². The number of hydrogen-bond donors (Lipinski definition) is 1. The Bertz CT molecular complexity index is 449. The molecule has 1 N–H and O–H groups in total. The second kappa shape index (κ2) is 6.18. The molecule has 7 heteroatoms. The van der Waals surface area contributed by atoms with E-state index < -0.39 is 11.5 Å². The van der Waals surface area contributed by atoms with Gasteiger partial charge in [0.25, 0.3) is 0 Å². The number of thioether (sulfide) groups is 1. The summed E-state index contributed by atoms with van der Waals surface area (Å²) in [4.78, 5) is 10.8. The van der Waals surface area contributed by atoms with Gasteiger partial charge in [0.2, 0.25) is 0 Å². The van der Waals surface area contributed by atoms with Gasteiger partial charge in [0, 0.05) is 5.75 Å². The van der Waals surface area contributed by atoms with Gasteiger partial charge in [0.1, 0.15) is 5.75 Å². The zero-order valence-electron chi connectivity index (χ0n) is 10.4. The summed E-state index contributed by atoms with van der Waals surface area (Å²) in [5.74, 6) is -0.818. The number of carbonyl (C=O) groups is 1. The fraction of sp³-hybridized carbons (Fsp3) is 0.417. The summed E-state index contributed by atoms with van der Waals surface area (Å²) in [5.41, 5.74) is -2.95. The highest BCUT2D eigenvalue weighted by atomic mass is 32.2.